The highest BCUT2D eigenvalue weighted by Crippen LogP contribution is 2.26. The van der Waals surface area contributed by atoms with Crippen LogP contribution in [0.3, 0.4) is 0 Å². The zero-order valence-corrected chi connectivity index (χ0v) is 19.8. The maximum atomic E-state index is 5.34. The Morgan fingerprint density at radius 3 is 2.61 bits per heavy atom. The smallest absolute Gasteiger partial charge is 0.162 e. The maximum absolute atomic E-state index is 5.34. The average Bonchev–Trinajstić information content (AvgIpc) is 3.45. The van der Waals surface area contributed by atoms with Crippen molar-refractivity contribution in [2.75, 3.05) is 46.7 Å². The van der Waals surface area contributed by atoms with Gasteiger partial charge in [-0.1, -0.05) is 12.8 Å². The number of nitrogens with zero attached hydrogens (tertiary/aromatic N) is 5. The fraction of sp³-hybridized carbons (Fsp3) is 0.458. The Bertz CT molecular complexity index is 1140. The van der Waals surface area contributed by atoms with Crippen molar-refractivity contribution >= 4 is 16.9 Å². The van der Waals surface area contributed by atoms with Gasteiger partial charge in [0.1, 0.15) is 23.5 Å². The number of aromatic nitrogens is 4. The van der Waals surface area contributed by atoms with Gasteiger partial charge in [0, 0.05) is 30.8 Å². The van der Waals surface area contributed by atoms with E-state index >= 15 is 0 Å². The van der Waals surface area contributed by atoms with E-state index in [0.717, 1.165) is 42.7 Å². The molecule has 2 atom stereocenters. The average molecular weight is 450 g/mol. The summed E-state index contributed by atoms with van der Waals surface area (Å²) in [4.78, 5) is 13.6. The van der Waals surface area contributed by atoms with E-state index in [0.29, 0.717) is 35.0 Å². The summed E-state index contributed by atoms with van der Waals surface area (Å²) in [6.07, 6.45) is 4.09. The normalized spacial score (nSPS) is 17.1. The largest absolute Gasteiger partial charge is 0.497 e. The number of benzene rings is 1. The van der Waals surface area contributed by atoms with Crippen LogP contribution in [0.15, 0.2) is 24.5 Å². The number of ether oxygens (including phenoxy) is 2. The van der Waals surface area contributed by atoms with Crippen LogP contribution in [0.4, 0.5) is 5.82 Å². The van der Waals surface area contributed by atoms with E-state index in [-0.39, 0.29) is 0 Å². The Morgan fingerprint density at radius 2 is 1.94 bits per heavy atom. The molecule has 1 saturated heterocycles. The Morgan fingerprint density at radius 1 is 1.18 bits per heavy atom. The van der Waals surface area contributed by atoms with E-state index in [9.17, 15) is 0 Å². The molecule has 174 valence electrons. The summed E-state index contributed by atoms with van der Waals surface area (Å²) >= 11 is 0. The first-order valence-corrected chi connectivity index (χ1v) is 11.1. The van der Waals surface area contributed by atoms with Gasteiger partial charge in [0.25, 0.3) is 0 Å². The lowest BCUT2D eigenvalue weighted by atomic mass is 10.2. The molecule has 33 heavy (non-hydrogen) atoms. The molecule has 0 unspecified atom stereocenters. The van der Waals surface area contributed by atoms with Gasteiger partial charge in [-0.25, -0.2) is 9.97 Å². The summed E-state index contributed by atoms with van der Waals surface area (Å²) in [6.45, 7) is 4.24. The monoisotopic (exact) mass is 449 g/mol. The summed E-state index contributed by atoms with van der Waals surface area (Å²) < 4.78 is 10.7. The summed E-state index contributed by atoms with van der Waals surface area (Å²) in [5.41, 5.74) is 2.05. The quantitative estimate of drug-likeness (QED) is 0.532. The van der Waals surface area contributed by atoms with Crippen molar-refractivity contribution in [3.63, 3.8) is 0 Å². The minimum absolute atomic E-state index is 0.300. The lowest BCUT2D eigenvalue weighted by molar-refractivity contribution is 0.0982. The molecule has 0 amide bonds. The molecule has 0 aliphatic carbocycles. The van der Waals surface area contributed by atoms with Crippen LogP contribution in [-0.2, 0) is 0 Å². The van der Waals surface area contributed by atoms with Gasteiger partial charge in [-0.3, -0.25) is 14.9 Å². The molecular formula is C24H31N7O2. The number of fused-ring (bicyclic) bond motifs is 1. The summed E-state index contributed by atoms with van der Waals surface area (Å²) in [5, 5.41) is 11.9. The van der Waals surface area contributed by atoms with Crippen molar-refractivity contribution < 1.29 is 9.47 Å². The zero-order chi connectivity index (χ0) is 23.4. The van der Waals surface area contributed by atoms with E-state index in [4.69, 9.17) is 9.47 Å². The molecule has 2 N–H and O–H groups in total. The fourth-order valence-electron chi connectivity index (χ4n) is 4.39. The second-order valence-electron chi connectivity index (χ2n) is 8.35. The zero-order valence-electron chi connectivity index (χ0n) is 19.8. The lowest BCUT2D eigenvalue weighted by Gasteiger charge is -2.32. The molecule has 4 rings (SSSR count). The molecule has 1 aromatic carbocycles. The van der Waals surface area contributed by atoms with Crippen LogP contribution in [0.1, 0.15) is 31.0 Å². The number of anilines is 1. The molecule has 9 nitrogen and oxygen atoms in total. The Balaban J connectivity index is 1.59. The van der Waals surface area contributed by atoms with E-state index in [1.165, 1.54) is 6.33 Å². The highest BCUT2D eigenvalue weighted by Gasteiger charge is 2.29. The number of aromatic amines is 1. The Hall–Kier alpha value is -3.35. The first-order chi connectivity index (χ1) is 16.0. The number of hydrogen-bond donors (Lipinski definition) is 2. The Labute approximate surface area is 194 Å². The molecule has 0 saturated carbocycles. The Kier molecular flexibility index (Phi) is 6.96. The van der Waals surface area contributed by atoms with Crippen molar-refractivity contribution in [2.24, 2.45) is 0 Å². The fourth-order valence-corrected chi connectivity index (χ4v) is 4.39. The summed E-state index contributed by atoms with van der Waals surface area (Å²) in [7, 11) is 7.51. The van der Waals surface area contributed by atoms with Crippen LogP contribution in [-0.4, -0.2) is 83.6 Å². The van der Waals surface area contributed by atoms with Gasteiger partial charge in [-0.2, -0.15) is 5.10 Å². The third kappa shape index (κ3) is 5.02. The SMILES string of the molecule is CC[C@@H](N(C)C)N1CC[C@H](Nc2n[nH]c3ncnc(C#Cc4cc(OC)cc(OC)c4)c23)C1. The van der Waals surface area contributed by atoms with Gasteiger partial charge in [-0.15, -0.1) is 0 Å². The molecule has 0 bridgehead atoms. The van der Waals surface area contributed by atoms with Crippen molar-refractivity contribution in [1.82, 2.24) is 30.0 Å². The van der Waals surface area contributed by atoms with Crippen molar-refractivity contribution in [3.8, 4) is 23.3 Å². The van der Waals surface area contributed by atoms with E-state index in [1.54, 1.807) is 14.2 Å². The van der Waals surface area contributed by atoms with Crippen molar-refractivity contribution in [2.45, 2.75) is 32.0 Å². The second-order valence-corrected chi connectivity index (χ2v) is 8.35. The maximum Gasteiger partial charge on any atom is 0.162 e. The first kappa shape index (κ1) is 22.8. The topological polar surface area (TPSA) is 91.4 Å². The van der Waals surface area contributed by atoms with Crippen LogP contribution in [0, 0.1) is 11.8 Å². The second kappa shape index (κ2) is 10.1. The van der Waals surface area contributed by atoms with Crippen molar-refractivity contribution in [1.29, 1.82) is 0 Å². The number of rotatable bonds is 7. The van der Waals surface area contributed by atoms with Crippen LogP contribution in [0.5, 0.6) is 11.5 Å². The number of methoxy groups -OCH3 is 2. The van der Waals surface area contributed by atoms with Gasteiger partial charge in [0.2, 0.25) is 0 Å². The summed E-state index contributed by atoms with van der Waals surface area (Å²) in [5.74, 6) is 8.46. The summed E-state index contributed by atoms with van der Waals surface area (Å²) in [6, 6.07) is 5.85. The van der Waals surface area contributed by atoms with Crippen LogP contribution >= 0.6 is 0 Å². The van der Waals surface area contributed by atoms with Crippen LogP contribution in [0.2, 0.25) is 0 Å². The van der Waals surface area contributed by atoms with Gasteiger partial charge in [0.15, 0.2) is 11.5 Å². The molecular weight excluding hydrogens is 418 g/mol. The number of hydrogen-bond acceptors (Lipinski definition) is 8. The third-order valence-electron chi connectivity index (χ3n) is 5.98. The molecule has 0 spiro atoms. The van der Waals surface area contributed by atoms with Gasteiger partial charge in [-0.05, 0) is 45.0 Å². The van der Waals surface area contributed by atoms with Gasteiger partial charge >= 0.3 is 0 Å². The number of nitrogens with one attached hydrogen (secondary N) is 2. The minimum Gasteiger partial charge on any atom is -0.497 e. The van der Waals surface area contributed by atoms with E-state index in [2.05, 4.69) is 68.1 Å². The highest BCUT2D eigenvalue weighted by molar-refractivity contribution is 5.91. The molecule has 0 radical (unpaired) electrons. The first-order valence-electron chi connectivity index (χ1n) is 11.1. The molecule has 9 heteroatoms. The molecule has 1 aliphatic rings. The molecule has 3 aromatic rings. The van der Waals surface area contributed by atoms with Crippen LogP contribution in [0.25, 0.3) is 11.0 Å². The molecule has 2 aromatic heterocycles. The van der Waals surface area contributed by atoms with Crippen LogP contribution < -0.4 is 14.8 Å². The molecule has 1 fully saturated rings. The van der Waals surface area contributed by atoms with E-state index in [1.807, 2.05) is 18.2 Å². The number of likely N-dealkylation sites (tertiary alicyclic amines) is 1. The predicted octanol–water partition coefficient (Wildman–Crippen LogP) is 2.55. The van der Waals surface area contributed by atoms with Crippen molar-refractivity contribution in [3.05, 3.63) is 35.8 Å². The molecule has 1 aliphatic heterocycles. The molecule has 3 heterocycles. The van der Waals surface area contributed by atoms with E-state index < -0.39 is 0 Å². The lowest BCUT2D eigenvalue weighted by Crippen LogP contribution is -2.44. The van der Waals surface area contributed by atoms with Gasteiger partial charge in [0.05, 0.1) is 25.8 Å². The predicted molar refractivity (Wildman–Crippen MR) is 129 cm³/mol. The standard InChI is InChI=1S/C24H31N7O2/c1-6-21(30(2)3)31-10-9-17(14-31)27-24-22-20(25-15-26-23(22)28-29-24)8-7-16-11-18(32-4)13-19(12-16)33-5/h11-13,15,17,21H,6,9-10,14H2,1-5H3,(H2,25,26,27,28,29)/t17-,21-/m0/s1. The number of H-pyrrole nitrogens is 1. The third-order valence-corrected chi connectivity index (χ3v) is 5.98. The minimum atomic E-state index is 0.300. The van der Waals surface area contributed by atoms with Gasteiger partial charge < -0.3 is 14.8 Å². The highest BCUT2D eigenvalue weighted by atomic mass is 16.5.